The number of hydrogen-bond acceptors (Lipinski definition) is 3. The average Bonchev–Trinajstić information content (AvgIpc) is 3.01. The van der Waals surface area contributed by atoms with Crippen LogP contribution in [0.3, 0.4) is 0 Å². The molecule has 1 atom stereocenters. The Labute approximate surface area is 155 Å². The highest BCUT2D eigenvalue weighted by Gasteiger charge is 2.31. The fourth-order valence-corrected chi connectivity index (χ4v) is 2.93. The van der Waals surface area contributed by atoms with Crippen molar-refractivity contribution >= 4 is 40.7 Å². The van der Waals surface area contributed by atoms with Gasteiger partial charge in [0.15, 0.2) is 6.10 Å². The van der Waals surface area contributed by atoms with Crippen molar-refractivity contribution in [3.05, 3.63) is 58.1 Å². The summed E-state index contributed by atoms with van der Waals surface area (Å²) < 4.78 is 5.66. The third kappa shape index (κ3) is 4.06. The second kappa shape index (κ2) is 7.33. The number of hydrogen-bond donors (Lipinski definition) is 1. The van der Waals surface area contributed by atoms with Crippen molar-refractivity contribution in [3.8, 4) is 5.75 Å². The smallest absolute Gasteiger partial charge is 0.264 e. The maximum atomic E-state index is 12.5. The van der Waals surface area contributed by atoms with E-state index in [1.807, 2.05) is 24.3 Å². The number of amides is 2. The molecule has 5 nitrogen and oxygen atoms in total. The molecule has 0 bridgehead atoms. The summed E-state index contributed by atoms with van der Waals surface area (Å²) in [7, 11) is 1.57. The maximum Gasteiger partial charge on any atom is 0.264 e. The molecule has 0 spiro atoms. The van der Waals surface area contributed by atoms with Crippen LogP contribution in [0.15, 0.2) is 42.5 Å². The van der Waals surface area contributed by atoms with E-state index in [1.54, 1.807) is 25.2 Å². The number of anilines is 1. The van der Waals surface area contributed by atoms with Gasteiger partial charge in [-0.2, -0.15) is 0 Å². The Morgan fingerprint density at radius 1 is 1.20 bits per heavy atom. The number of rotatable bonds is 4. The van der Waals surface area contributed by atoms with Gasteiger partial charge in [-0.3, -0.25) is 9.59 Å². The quantitative estimate of drug-likeness (QED) is 0.886. The zero-order valence-corrected chi connectivity index (χ0v) is 15.0. The van der Waals surface area contributed by atoms with Crippen molar-refractivity contribution in [2.75, 3.05) is 18.9 Å². The fraction of sp³-hybridized carbons (Fsp3) is 0.222. The summed E-state index contributed by atoms with van der Waals surface area (Å²) >= 11 is 11.8. The first-order chi connectivity index (χ1) is 11.9. The van der Waals surface area contributed by atoms with E-state index in [0.29, 0.717) is 22.2 Å². The van der Waals surface area contributed by atoms with Crippen LogP contribution in [0.4, 0.5) is 5.69 Å². The van der Waals surface area contributed by atoms with E-state index < -0.39 is 6.10 Å². The Morgan fingerprint density at radius 2 is 1.96 bits per heavy atom. The first kappa shape index (κ1) is 17.6. The van der Waals surface area contributed by atoms with Crippen molar-refractivity contribution in [3.63, 3.8) is 0 Å². The second-order valence-electron chi connectivity index (χ2n) is 5.79. The maximum absolute atomic E-state index is 12.5. The lowest BCUT2D eigenvalue weighted by atomic mass is 10.1. The van der Waals surface area contributed by atoms with Gasteiger partial charge in [-0.1, -0.05) is 41.4 Å². The molecule has 0 saturated heterocycles. The molecule has 0 saturated carbocycles. The van der Waals surface area contributed by atoms with E-state index in [4.69, 9.17) is 27.9 Å². The topological polar surface area (TPSA) is 58.6 Å². The highest BCUT2D eigenvalue weighted by atomic mass is 35.5. The third-order valence-corrected chi connectivity index (χ3v) is 4.62. The molecule has 1 heterocycles. The first-order valence-corrected chi connectivity index (χ1v) is 8.44. The van der Waals surface area contributed by atoms with Crippen LogP contribution < -0.4 is 10.1 Å². The molecule has 1 aliphatic rings. The monoisotopic (exact) mass is 378 g/mol. The number of nitrogens with zero attached hydrogens (tertiary/aromatic N) is 1. The Kier molecular flexibility index (Phi) is 5.16. The van der Waals surface area contributed by atoms with E-state index in [9.17, 15) is 9.59 Å². The molecule has 130 valence electrons. The van der Waals surface area contributed by atoms with Gasteiger partial charge in [0.2, 0.25) is 5.91 Å². The van der Waals surface area contributed by atoms with E-state index in [0.717, 1.165) is 11.3 Å². The van der Waals surface area contributed by atoms with Gasteiger partial charge in [0.05, 0.1) is 16.6 Å². The van der Waals surface area contributed by atoms with Crippen LogP contribution in [0.1, 0.15) is 5.56 Å². The summed E-state index contributed by atoms with van der Waals surface area (Å²) in [6.07, 6.45) is -0.0894. The summed E-state index contributed by atoms with van der Waals surface area (Å²) in [5, 5.41) is 3.44. The zero-order valence-electron chi connectivity index (χ0n) is 13.5. The number of halogens is 2. The van der Waals surface area contributed by atoms with E-state index in [1.165, 1.54) is 4.90 Å². The molecule has 0 aromatic heterocycles. The summed E-state index contributed by atoms with van der Waals surface area (Å²) in [5.74, 6) is 0.153. The van der Waals surface area contributed by atoms with Crippen molar-refractivity contribution < 1.29 is 14.3 Å². The van der Waals surface area contributed by atoms with Crippen LogP contribution in [0.25, 0.3) is 0 Å². The van der Waals surface area contributed by atoms with E-state index in [2.05, 4.69) is 5.32 Å². The summed E-state index contributed by atoms with van der Waals surface area (Å²) in [5.41, 5.74) is 1.51. The lowest BCUT2D eigenvalue weighted by Gasteiger charge is -2.20. The van der Waals surface area contributed by atoms with Crippen molar-refractivity contribution in [1.82, 2.24) is 4.90 Å². The lowest BCUT2D eigenvalue weighted by molar-refractivity contribution is -0.139. The van der Waals surface area contributed by atoms with Gasteiger partial charge in [-0.15, -0.1) is 0 Å². The molecule has 0 fully saturated rings. The number of nitrogens with one attached hydrogen (secondary N) is 1. The van der Waals surface area contributed by atoms with Crippen molar-refractivity contribution in [1.29, 1.82) is 0 Å². The molecular formula is C18H16Cl2N2O3. The van der Waals surface area contributed by atoms with Crippen LogP contribution in [0.5, 0.6) is 5.75 Å². The van der Waals surface area contributed by atoms with Gasteiger partial charge < -0.3 is 15.0 Å². The van der Waals surface area contributed by atoms with Crippen LogP contribution in [0.2, 0.25) is 10.0 Å². The number of para-hydroxylation sites is 1. The Morgan fingerprint density at radius 3 is 2.68 bits per heavy atom. The standard InChI is InChI=1S/C18H16Cl2N2O3/c1-22(10-17(23)21-12-6-7-13(19)14(20)9-12)18(24)16-8-11-4-2-3-5-15(11)25-16/h2-7,9,16H,8,10H2,1H3,(H,21,23). The Balaban J connectivity index is 1.56. The minimum absolute atomic E-state index is 0.0880. The molecule has 0 radical (unpaired) electrons. The Bertz CT molecular complexity index is 801. The average molecular weight is 379 g/mol. The number of benzene rings is 2. The molecule has 1 N–H and O–H groups in total. The summed E-state index contributed by atoms with van der Waals surface area (Å²) in [6.45, 7) is -0.0880. The minimum Gasteiger partial charge on any atom is -0.480 e. The lowest BCUT2D eigenvalue weighted by Crippen LogP contribution is -2.42. The van der Waals surface area contributed by atoms with Crippen molar-refractivity contribution in [2.45, 2.75) is 12.5 Å². The van der Waals surface area contributed by atoms with Crippen LogP contribution >= 0.6 is 23.2 Å². The summed E-state index contributed by atoms with van der Waals surface area (Å²) in [6, 6.07) is 12.3. The van der Waals surface area contributed by atoms with Crippen LogP contribution in [-0.4, -0.2) is 36.4 Å². The highest BCUT2D eigenvalue weighted by molar-refractivity contribution is 6.42. The third-order valence-electron chi connectivity index (χ3n) is 3.88. The molecular weight excluding hydrogens is 363 g/mol. The number of ether oxygens (including phenoxy) is 1. The van der Waals surface area contributed by atoms with Gasteiger partial charge in [0.1, 0.15) is 5.75 Å². The predicted molar refractivity (Wildman–Crippen MR) is 97.3 cm³/mol. The van der Waals surface area contributed by atoms with Gasteiger partial charge in [-0.25, -0.2) is 0 Å². The number of carbonyl (C=O) groups is 2. The SMILES string of the molecule is CN(CC(=O)Nc1ccc(Cl)c(Cl)c1)C(=O)C1Cc2ccccc2O1. The molecule has 1 unspecified atom stereocenters. The molecule has 3 rings (SSSR count). The van der Waals surface area contributed by atoms with E-state index >= 15 is 0 Å². The second-order valence-corrected chi connectivity index (χ2v) is 6.60. The molecule has 7 heteroatoms. The highest BCUT2D eigenvalue weighted by Crippen LogP contribution is 2.29. The molecule has 1 aliphatic heterocycles. The van der Waals surface area contributed by atoms with Gasteiger partial charge >= 0.3 is 0 Å². The van der Waals surface area contributed by atoms with E-state index in [-0.39, 0.29) is 18.4 Å². The predicted octanol–water partition coefficient (Wildman–Crippen LogP) is 3.39. The first-order valence-electron chi connectivity index (χ1n) is 7.68. The number of carbonyl (C=O) groups excluding carboxylic acids is 2. The largest absolute Gasteiger partial charge is 0.480 e. The molecule has 2 amide bonds. The van der Waals surface area contributed by atoms with Crippen molar-refractivity contribution in [2.24, 2.45) is 0 Å². The summed E-state index contributed by atoms with van der Waals surface area (Å²) in [4.78, 5) is 26.0. The van der Waals surface area contributed by atoms with Crippen LogP contribution in [0, 0.1) is 0 Å². The minimum atomic E-state index is -0.597. The Hall–Kier alpha value is -2.24. The van der Waals surface area contributed by atoms with Gasteiger partial charge in [0.25, 0.3) is 5.91 Å². The molecule has 2 aromatic carbocycles. The van der Waals surface area contributed by atoms with Gasteiger partial charge in [0, 0.05) is 19.2 Å². The fourth-order valence-electron chi connectivity index (χ4n) is 2.63. The molecule has 0 aliphatic carbocycles. The van der Waals surface area contributed by atoms with Crippen LogP contribution in [-0.2, 0) is 16.0 Å². The van der Waals surface area contributed by atoms with Gasteiger partial charge in [-0.05, 0) is 29.8 Å². The molecule has 2 aromatic rings. The molecule has 25 heavy (non-hydrogen) atoms. The zero-order chi connectivity index (χ0) is 18.0. The number of fused-ring (bicyclic) bond motifs is 1. The number of likely N-dealkylation sites (N-methyl/N-ethyl adjacent to an activating group) is 1. The normalized spacial score (nSPS) is 15.2.